The molecular weight excluding hydrogens is 238 g/mol. The van der Waals surface area contributed by atoms with Gasteiger partial charge in [0.15, 0.2) is 0 Å². The Balaban J connectivity index is 1.90. The van der Waals surface area contributed by atoms with Gasteiger partial charge in [0.05, 0.1) is 0 Å². The molecule has 98 valence electrons. The van der Waals surface area contributed by atoms with Gasteiger partial charge in [-0.1, -0.05) is 31.5 Å². The molecule has 0 amide bonds. The molecule has 0 aliphatic carbocycles. The number of hydrogen-bond acceptors (Lipinski definition) is 2. The van der Waals surface area contributed by atoms with Crippen LogP contribution in [0.3, 0.4) is 0 Å². The van der Waals surface area contributed by atoms with E-state index in [2.05, 4.69) is 48.9 Å². The molecule has 0 spiro atoms. The summed E-state index contributed by atoms with van der Waals surface area (Å²) in [4.78, 5) is 0. The monoisotopic (exact) mass is 261 g/mol. The highest BCUT2D eigenvalue weighted by molar-refractivity contribution is 7.17. The van der Waals surface area contributed by atoms with E-state index >= 15 is 0 Å². The minimum absolute atomic E-state index is 0.694. The van der Waals surface area contributed by atoms with E-state index in [-0.39, 0.29) is 0 Å². The predicted octanol–water partition coefficient (Wildman–Crippen LogP) is 4.61. The number of thiophene rings is 1. The molecule has 1 heterocycles. The standard InChI is InChI=1S/C16H23NS/c1-3-7-14(17-2)9-6-8-13-12-18-16-11-5-4-10-15(13)16/h4-5,10-12,14,17H,3,6-9H2,1-2H3. The first kappa shape index (κ1) is 13.6. The molecule has 1 aromatic carbocycles. The van der Waals surface area contributed by atoms with Crippen LogP contribution in [-0.4, -0.2) is 13.1 Å². The van der Waals surface area contributed by atoms with Gasteiger partial charge in [0.2, 0.25) is 0 Å². The lowest BCUT2D eigenvalue weighted by Gasteiger charge is -2.14. The van der Waals surface area contributed by atoms with Gasteiger partial charge in [-0.05, 0) is 55.1 Å². The summed E-state index contributed by atoms with van der Waals surface area (Å²) in [6.07, 6.45) is 6.35. The maximum absolute atomic E-state index is 3.42. The molecule has 0 saturated heterocycles. The third-order valence-electron chi connectivity index (χ3n) is 3.61. The minimum atomic E-state index is 0.694. The van der Waals surface area contributed by atoms with E-state index in [9.17, 15) is 0 Å². The maximum Gasteiger partial charge on any atom is 0.0345 e. The van der Waals surface area contributed by atoms with Crippen molar-refractivity contribution in [3.8, 4) is 0 Å². The second kappa shape index (κ2) is 6.91. The largest absolute Gasteiger partial charge is 0.317 e. The first-order valence-electron chi connectivity index (χ1n) is 6.97. The van der Waals surface area contributed by atoms with Gasteiger partial charge < -0.3 is 5.32 Å². The zero-order valence-electron chi connectivity index (χ0n) is 11.4. The highest BCUT2D eigenvalue weighted by atomic mass is 32.1. The van der Waals surface area contributed by atoms with Crippen LogP contribution < -0.4 is 5.32 Å². The molecule has 1 unspecified atom stereocenters. The Kier molecular flexibility index (Phi) is 5.21. The molecule has 0 bridgehead atoms. The number of fused-ring (bicyclic) bond motifs is 1. The molecule has 1 aromatic heterocycles. The molecule has 1 N–H and O–H groups in total. The Morgan fingerprint density at radius 3 is 2.83 bits per heavy atom. The van der Waals surface area contributed by atoms with E-state index in [0.717, 1.165) is 0 Å². The third-order valence-corrected chi connectivity index (χ3v) is 4.62. The number of hydrogen-bond donors (Lipinski definition) is 1. The van der Waals surface area contributed by atoms with Crippen LogP contribution in [-0.2, 0) is 6.42 Å². The van der Waals surface area contributed by atoms with Crippen molar-refractivity contribution in [2.45, 2.75) is 45.1 Å². The minimum Gasteiger partial charge on any atom is -0.317 e. The first-order chi connectivity index (χ1) is 8.85. The zero-order valence-corrected chi connectivity index (χ0v) is 12.2. The number of benzene rings is 1. The van der Waals surface area contributed by atoms with Crippen LogP contribution >= 0.6 is 11.3 Å². The highest BCUT2D eigenvalue weighted by Crippen LogP contribution is 2.27. The SMILES string of the molecule is CCCC(CCCc1csc2ccccc12)NC. The molecule has 0 radical (unpaired) electrons. The Hall–Kier alpha value is -0.860. The molecule has 0 saturated carbocycles. The van der Waals surface area contributed by atoms with Gasteiger partial charge in [-0.25, -0.2) is 0 Å². The molecule has 1 nitrogen and oxygen atoms in total. The average molecular weight is 261 g/mol. The van der Waals surface area contributed by atoms with E-state index < -0.39 is 0 Å². The van der Waals surface area contributed by atoms with Gasteiger partial charge in [-0.2, -0.15) is 0 Å². The Labute approximate surface area is 114 Å². The van der Waals surface area contributed by atoms with Crippen molar-refractivity contribution in [1.82, 2.24) is 5.32 Å². The van der Waals surface area contributed by atoms with E-state index in [1.807, 2.05) is 11.3 Å². The fraction of sp³-hybridized carbons (Fsp3) is 0.500. The highest BCUT2D eigenvalue weighted by Gasteiger charge is 2.06. The fourth-order valence-corrected chi connectivity index (χ4v) is 3.54. The fourth-order valence-electron chi connectivity index (χ4n) is 2.55. The van der Waals surface area contributed by atoms with Crippen molar-refractivity contribution < 1.29 is 0 Å². The quantitative estimate of drug-likeness (QED) is 0.767. The van der Waals surface area contributed by atoms with Crippen LogP contribution in [0.5, 0.6) is 0 Å². The molecular formula is C16H23NS. The first-order valence-corrected chi connectivity index (χ1v) is 7.85. The van der Waals surface area contributed by atoms with Crippen LogP contribution in [0.15, 0.2) is 29.6 Å². The van der Waals surface area contributed by atoms with Crippen LogP contribution in [0, 0.1) is 0 Å². The maximum atomic E-state index is 3.42. The van der Waals surface area contributed by atoms with Crippen LogP contribution in [0.2, 0.25) is 0 Å². The van der Waals surface area contributed by atoms with E-state index in [0.29, 0.717) is 6.04 Å². The summed E-state index contributed by atoms with van der Waals surface area (Å²) in [5, 5.41) is 7.21. The summed E-state index contributed by atoms with van der Waals surface area (Å²) in [6.45, 7) is 2.26. The van der Waals surface area contributed by atoms with Gasteiger partial charge >= 0.3 is 0 Å². The van der Waals surface area contributed by atoms with Crippen molar-refractivity contribution in [3.05, 3.63) is 35.2 Å². The van der Waals surface area contributed by atoms with Crippen molar-refractivity contribution in [3.63, 3.8) is 0 Å². The normalized spacial score (nSPS) is 13.0. The van der Waals surface area contributed by atoms with Crippen LogP contribution in [0.1, 0.15) is 38.2 Å². The summed E-state index contributed by atoms with van der Waals surface area (Å²) in [7, 11) is 2.08. The van der Waals surface area contributed by atoms with Crippen molar-refractivity contribution in [2.24, 2.45) is 0 Å². The third kappa shape index (κ3) is 3.33. The topological polar surface area (TPSA) is 12.0 Å². The van der Waals surface area contributed by atoms with Crippen LogP contribution in [0.4, 0.5) is 0 Å². The molecule has 1 atom stereocenters. The molecule has 18 heavy (non-hydrogen) atoms. The lowest BCUT2D eigenvalue weighted by Crippen LogP contribution is -2.24. The van der Waals surface area contributed by atoms with Gasteiger partial charge in [0.1, 0.15) is 0 Å². The summed E-state index contributed by atoms with van der Waals surface area (Å²) < 4.78 is 1.42. The molecule has 0 aliphatic rings. The lowest BCUT2D eigenvalue weighted by atomic mass is 10.0. The summed E-state index contributed by atoms with van der Waals surface area (Å²) >= 11 is 1.87. The smallest absolute Gasteiger partial charge is 0.0345 e. The molecule has 2 heteroatoms. The Bertz CT molecular complexity index is 475. The summed E-state index contributed by atoms with van der Waals surface area (Å²) in [6, 6.07) is 9.44. The molecule has 0 fully saturated rings. The Morgan fingerprint density at radius 1 is 1.22 bits per heavy atom. The molecule has 0 aliphatic heterocycles. The van der Waals surface area contributed by atoms with Gasteiger partial charge in [0.25, 0.3) is 0 Å². The zero-order chi connectivity index (χ0) is 12.8. The summed E-state index contributed by atoms with van der Waals surface area (Å²) in [5.74, 6) is 0. The number of rotatable bonds is 7. The van der Waals surface area contributed by atoms with Gasteiger partial charge in [0, 0.05) is 10.7 Å². The van der Waals surface area contributed by atoms with E-state index in [1.165, 1.54) is 47.8 Å². The average Bonchev–Trinajstić information content (AvgIpc) is 2.81. The molecule has 2 rings (SSSR count). The summed E-state index contributed by atoms with van der Waals surface area (Å²) in [5.41, 5.74) is 1.53. The second-order valence-corrected chi connectivity index (χ2v) is 5.83. The predicted molar refractivity (Wildman–Crippen MR) is 82.5 cm³/mol. The van der Waals surface area contributed by atoms with Crippen molar-refractivity contribution >= 4 is 21.4 Å². The van der Waals surface area contributed by atoms with Crippen molar-refractivity contribution in [2.75, 3.05) is 7.05 Å². The number of nitrogens with one attached hydrogen (secondary N) is 1. The Morgan fingerprint density at radius 2 is 2.06 bits per heavy atom. The molecule has 2 aromatic rings. The van der Waals surface area contributed by atoms with E-state index in [4.69, 9.17) is 0 Å². The van der Waals surface area contributed by atoms with Gasteiger partial charge in [-0.3, -0.25) is 0 Å². The van der Waals surface area contributed by atoms with Crippen LogP contribution in [0.25, 0.3) is 10.1 Å². The van der Waals surface area contributed by atoms with Crippen molar-refractivity contribution in [1.29, 1.82) is 0 Å². The van der Waals surface area contributed by atoms with E-state index in [1.54, 1.807) is 0 Å². The lowest BCUT2D eigenvalue weighted by molar-refractivity contribution is 0.470. The van der Waals surface area contributed by atoms with Gasteiger partial charge in [-0.15, -0.1) is 11.3 Å². The number of aryl methyl sites for hydroxylation is 1. The second-order valence-electron chi connectivity index (χ2n) is 4.92.